The molecule has 3 nitrogen and oxygen atoms in total. The van der Waals surface area contributed by atoms with Gasteiger partial charge in [0.2, 0.25) is 5.91 Å². The maximum absolute atomic E-state index is 11.9. The first kappa shape index (κ1) is 15.8. The summed E-state index contributed by atoms with van der Waals surface area (Å²) in [5, 5.41) is 5.09. The SMILES string of the molecule is CCc1cc2ccccc2nc1SCC(=O)NC(C)(C)C. The number of hydrogen-bond donors (Lipinski definition) is 1. The number of benzene rings is 1. The molecule has 0 aliphatic rings. The van der Waals surface area contributed by atoms with Crippen LogP contribution in [0.3, 0.4) is 0 Å². The van der Waals surface area contributed by atoms with E-state index in [2.05, 4.69) is 24.4 Å². The highest BCUT2D eigenvalue weighted by Gasteiger charge is 2.15. The number of aryl methyl sites for hydroxylation is 1. The number of aromatic nitrogens is 1. The van der Waals surface area contributed by atoms with Gasteiger partial charge in [0.15, 0.2) is 0 Å². The van der Waals surface area contributed by atoms with Crippen LogP contribution in [-0.2, 0) is 11.2 Å². The number of nitrogens with one attached hydrogen (secondary N) is 1. The van der Waals surface area contributed by atoms with Gasteiger partial charge in [-0.15, -0.1) is 0 Å². The molecule has 112 valence electrons. The first-order valence-electron chi connectivity index (χ1n) is 7.21. The largest absolute Gasteiger partial charge is 0.351 e. The van der Waals surface area contributed by atoms with Gasteiger partial charge in [-0.1, -0.05) is 36.9 Å². The van der Waals surface area contributed by atoms with Crippen LogP contribution in [0.2, 0.25) is 0 Å². The lowest BCUT2D eigenvalue weighted by Gasteiger charge is -2.20. The van der Waals surface area contributed by atoms with Crippen molar-refractivity contribution < 1.29 is 4.79 Å². The molecule has 0 bridgehead atoms. The number of thioether (sulfide) groups is 1. The smallest absolute Gasteiger partial charge is 0.230 e. The van der Waals surface area contributed by atoms with Crippen LogP contribution in [-0.4, -0.2) is 22.2 Å². The number of carbonyl (C=O) groups is 1. The molecule has 1 heterocycles. The second kappa shape index (κ2) is 6.48. The summed E-state index contributed by atoms with van der Waals surface area (Å²) in [6.07, 6.45) is 0.918. The van der Waals surface area contributed by atoms with Gasteiger partial charge in [-0.05, 0) is 44.9 Å². The molecule has 1 amide bonds. The van der Waals surface area contributed by atoms with Gasteiger partial charge in [-0.3, -0.25) is 4.79 Å². The molecule has 1 aromatic heterocycles. The van der Waals surface area contributed by atoms with Crippen molar-refractivity contribution in [3.05, 3.63) is 35.9 Å². The van der Waals surface area contributed by atoms with Crippen LogP contribution in [0.4, 0.5) is 0 Å². The molecule has 0 atom stereocenters. The molecule has 0 aliphatic carbocycles. The molecule has 2 aromatic rings. The molecule has 1 aromatic carbocycles. The normalized spacial score (nSPS) is 11.6. The zero-order valence-corrected chi connectivity index (χ0v) is 13.9. The Morgan fingerprint density at radius 3 is 2.67 bits per heavy atom. The lowest BCUT2D eigenvalue weighted by molar-refractivity contribution is -0.119. The van der Waals surface area contributed by atoms with Crippen molar-refractivity contribution in [3.63, 3.8) is 0 Å². The van der Waals surface area contributed by atoms with Gasteiger partial charge in [-0.25, -0.2) is 4.98 Å². The minimum absolute atomic E-state index is 0.0458. The fourth-order valence-corrected chi connectivity index (χ4v) is 3.00. The van der Waals surface area contributed by atoms with Crippen LogP contribution in [0.5, 0.6) is 0 Å². The first-order valence-corrected chi connectivity index (χ1v) is 8.20. The maximum atomic E-state index is 11.9. The number of fused-ring (bicyclic) bond motifs is 1. The summed E-state index contributed by atoms with van der Waals surface area (Å²) >= 11 is 1.51. The Bertz CT molecular complexity index is 647. The molecule has 0 fully saturated rings. The highest BCUT2D eigenvalue weighted by atomic mass is 32.2. The monoisotopic (exact) mass is 302 g/mol. The second-order valence-electron chi connectivity index (χ2n) is 6.09. The fourth-order valence-electron chi connectivity index (χ4n) is 2.11. The Hall–Kier alpha value is -1.55. The minimum Gasteiger partial charge on any atom is -0.351 e. The van der Waals surface area contributed by atoms with E-state index >= 15 is 0 Å². The summed E-state index contributed by atoms with van der Waals surface area (Å²) in [5.74, 6) is 0.444. The first-order chi connectivity index (χ1) is 9.89. The van der Waals surface area contributed by atoms with Gasteiger partial charge in [-0.2, -0.15) is 0 Å². The molecule has 21 heavy (non-hydrogen) atoms. The van der Waals surface area contributed by atoms with Crippen molar-refractivity contribution in [1.29, 1.82) is 0 Å². The number of rotatable bonds is 4. The Balaban J connectivity index is 2.15. The zero-order valence-electron chi connectivity index (χ0n) is 13.1. The molecule has 0 saturated carbocycles. The quantitative estimate of drug-likeness (QED) is 0.873. The summed E-state index contributed by atoms with van der Waals surface area (Å²) in [4.78, 5) is 16.6. The van der Waals surface area contributed by atoms with Crippen LogP contribution >= 0.6 is 11.8 Å². The van der Waals surface area contributed by atoms with Crippen LogP contribution in [0.15, 0.2) is 35.4 Å². The summed E-state index contributed by atoms with van der Waals surface area (Å²) in [6, 6.07) is 10.3. The number of amides is 1. The Labute approximate surface area is 130 Å². The van der Waals surface area contributed by atoms with E-state index in [1.54, 1.807) is 0 Å². The molecule has 0 radical (unpaired) electrons. The predicted molar refractivity (Wildman–Crippen MR) is 89.7 cm³/mol. The van der Waals surface area contributed by atoms with E-state index in [9.17, 15) is 4.79 Å². The Morgan fingerprint density at radius 2 is 2.00 bits per heavy atom. The lowest BCUT2D eigenvalue weighted by atomic mass is 10.1. The van der Waals surface area contributed by atoms with Crippen LogP contribution in [0, 0.1) is 0 Å². The van der Waals surface area contributed by atoms with E-state index in [1.807, 2.05) is 39.0 Å². The third kappa shape index (κ3) is 4.46. The second-order valence-corrected chi connectivity index (χ2v) is 7.05. The van der Waals surface area contributed by atoms with Crippen LogP contribution in [0.1, 0.15) is 33.3 Å². The van der Waals surface area contributed by atoms with Crippen LogP contribution in [0.25, 0.3) is 10.9 Å². The average Bonchev–Trinajstić information content (AvgIpc) is 2.42. The number of carbonyl (C=O) groups excluding carboxylic acids is 1. The van der Waals surface area contributed by atoms with Gasteiger partial charge in [0, 0.05) is 10.9 Å². The van der Waals surface area contributed by atoms with Crippen molar-refractivity contribution in [2.45, 2.75) is 44.7 Å². The molecule has 2 rings (SSSR count). The van der Waals surface area contributed by atoms with E-state index < -0.39 is 0 Å². The number of hydrogen-bond acceptors (Lipinski definition) is 3. The van der Waals surface area contributed by atoms with Crippen molar-refractivity contribution in [2.75, 3.05) is 5.75 Å². The van der Waals surface area contributed by atoms with Crippen molar-refractivity contribution >= 4 is 28.6 Å². The van der Waals surface area contributed by atoms with Crippen molar-refractivity contribution in [2.24, 2.45) is 0 Å². The fraction of sp³-hybridized carbons (Fsp3) is 0.412. The maximum Gasteiger partial charge on any atom is 0.230 e. The van der Waals surface area contributed by atoms with Gasteiger partial charge in [0.05, 0.1) is 11.3 Å². The third-order valence-corrected chi connectivity index (χ3v) is 4.03. The molecule has 4 heteroatoms. The molecule has 0 saturated heterocycles. The van der Waals surface area contributed by atoms with Crippen LogP contribution < -0.4 is 5.32 Å². The number of para-hydroxylation sites is 1. The third-order valence-electron chi connectivity index (χ3n) is 3.00. The lowest BCUT2D eigenvalue weighted by Crippen LogP contribution is -2.41. The predicted octanol–water partition coefficient (Wildman–Crippen LogP) is 3.80. The average molecular weight is 302 g/mol. The highest BCUT2D eigenvalue weighted by molar-refractivity contribution is 7.99. The van der Waals surface area contributed by atoms with Crippen molar-refractivity contribution in [3.8, 4) is 0 Å². The topological polar surface area (TPSA) is 42.0 Å². The Kier molecular flexibility index (Phi) is 4.88. The minimum atomic E-state index is -0.192. The molecule has 1 N–H and O–H groups in total. The summed E-state index contributed by atoms with van der Waals surface area (Å²) in [5.41, 5.74) is 1.98. The summed E-state index contributed by atoms with van der Waals surface area (Å²) in [6.45, 7) is 8.08. The van der Waals surface area contributed by atoms with Gasteiger partial charge in [0.1, 0.15) is 5.03 Å². The highest BCUT2D eigenvalue weighted by Crippen LogP contribution is 2.25. The molecular weight excluding hydrogens is 280 g/mol. The summed E-state index contributed by atoms with van der Waals surface area (Å²) < 4.78 is 0. The van der Waals surface area contributed by atoms with Gasteiger partial charge >= 0.3 is 0 Å². The van der Waals surface area contributed by atoms with Crippen molar-refractivity contribution in [1.82, 2.24) is 10.3 Å². The molecule has 0 spiro atoms. The summed E-state index contributed by atoms with van der Waals surface area (Å²) in [7, 11) is 0. The molecule has 0 aliphatic heterocycles. The molecular formula is C17H22N2OS. The zero-order chi connectivity index (χ0) is 15.5. The van der Waals surface area contributed by atoms with E-state index in [1.165, 1.54) is 17.3 Å². The number of pyridine rings is 1. The van der Waals surface area contributed by atoms with Gasteiger partial charge < -0.3 is 5.32 Å². The van der Waals surface area contributed by atoms with E-state index in [0.29, 0.717) is 5.75 Å². The van der Waals surface area contributed by atoms with E-state index in [4.69, 9.17) is 4.98 Å². The number of nitrogens with zero attached hydrogens (tertiary/aromatic N) is 1. The van der Waals surface area contributed by atoms with E-state index in [0.717, 1.165) is 22.3 Å². The molecule has 0 unspecified atom stereocenters. The standard InChI is InChI=1S/C17H22N2OS/c1-5-12-10-13-8-6-7-9-14(13)18-16(12)21-11-15(20)19-17(2,3)4/h6-10H,5,11H2,1-4H3,(H,19,20). The Morgan fingerprint density at radius 1 is 1.29 bits per heavy atom. The van der Waals surface area contributed by atoms with E-state index in [-0.39, 0.29) is 11.4 Å². The van der Waals surface area contributed by atoms with Gasteiger partial charge in [0.25, 0.3) is 0 Å².